The fraction of sp³-hybridized carbons (Fsp3) is 0.450. The summed E-state index contributed by atoms with van der Waals surface area (Å²) >= 11 is 0. The molecule has 1 saturated heterocycles. The van der Waals surface area contributed by atoms with Crippen LogP contribution in [0.5, 0.6) is 5.75 Å². The van der Waals surface area contributed by atoms with Gasteiger partial charge in [-0.25, -0.2) is 0 Å². The number of carbonyl (C=O) groups excluding carboxylic acids is 2. The predicted molar refractivity (Wildman–Crippen MR) is 101 cm³/mol. The molecule has 2 heterocycles. The van der Waals surface area contributed by atoms with E-state index in [0.29, 0.717) is 36.5 Å². The SMILES string of the molecule is CNC(=O)c1cc(C(=O)NC2[C@H]3COC[C@@H]23)n([C@@H](C)c2ccccc2OC)n1. The number of carbonyl (C=O) groups is 2. The Bertz CT molecular complexity index is 899. The first kappa shape index (κ1) is 18.5. The van der Waals surface area contributed by atoms with Crippen LogP contribution in [0.1, 0.15) is 39.5 Å². The third-order valence-corrected chi connectivity index (χ3v) is 5.63. The molecule has 2 fully saturated rings. The summed E-state index contributed by atoms with van der Waals surface area (Å²) in [6.07, 6.45) is 0. The van der Waals surface area contributed by atoms with Crippen molar-refractivity contribution in [2.24, 2.45) is 11.8 Å². The van der Waals surface area contributed by atoms with E-state index in [4.69, 9.17) is 9.47 Å². The largest absolute Gasteiger partial charge is 0.496 e. The van der Waals surface area contributed by atoms with Crippen molar-refractivity contribution in [3.63, 3.8) is 0 Å². The number of benzene rings is 1. The summed E-state index contributed by atoms with van der Waals surface area (Å²) in [7, 11) is 3.14. The van der Waals surface area contributed by atoms with Gasteiger partial charge in [0.15, 0.2) is 5.69 Å². The Hall–Kier alpha value is -2.87. The van der Waals surface area contributed by atoms with E-state index >= 15 is 0 Å². The van der Waals surface area contributed by atoms with Gasteiger partial charge >= 0.3 is 0 Å². The number of para-hydroxylation sites is 1. The van der Waals surface area contributed by atoms with E-state index in [-0.39, 0.29) is 29.6 Å². The van der Waals surface area contributed by atoms with Gasteiger partial charge in [-0.2, -0.15) is 5.10 Å². The highest BCUT2D eigenvalue weighted by molar-refractivity contribution is 5.98. The van der Waals surface area contributed by atoms with Crippen molar-refractivity contribution in [2.45, 2.75) is 19.0 Å². The molecule has 0 bridgehead atoms. The van der Waals surface area contributed by atoms with Crippen LogP contribution in [0, 0.1) is 11.8 Å². The van der Waals surface area contributed by atoms with E-state index < -0.39 is 0 Å². The lowest BCUT2D eigenvalue weighted by molar-refractivity contribution is 0.0915. The van der Waals surface area contributed by atoms with Gasteiger partial charge in [-0.05, 0) is 13.0 Å². The number of fused-ring (bicyclic) bond motifs is 1. The highest BCUT2D eigenvalue weighted by atomic mass is 16.5. The second-order valence-corrected chi connectivity index (χ2v) is 7.22. The van der Waals surface area contributed by atoms with E-state index in [1.165, 1.54) is 13.1 Å². The van der Waals surface area contributed by atoms with Crippen LogP contribution in [0.4, 0.5) is 0 Å². The van der Waals surface area contributed by atoms with Crippen LogP contribution in [0.2, 0.25) is 0 Å². The summed E-state index contributed by atoms with van der Waals surface area (Å²) < 4.78 is 12.4. The average Bonchev–Trinajstić information content (AvgIpc) is 3.13. The van der Waals surface area contributed by atoms with Gasteiger partial charge in [0.1, 0.15) is 11.4 Å². The molecule has 1 aromatic heterocycles. The maximum atomic E-state index is 13.0. The van der Waals surface area contributed by atoms with Gasteiger partial charge in [0.2, 0.25) is 0 Å². The van der Waals surface area contributed by atoms with E-state index in [1.807, 2.05) is 31.2 Å². The maximum absolute atomic E-state index is 13.0. The van der Waals surface area contributed by atoms with Gasteiger partial charge in [0.05, 0.1) is 26.4 Å². The molecule has 1 aliphatic carbocycles. The van der Waals surface area contributed by atoms with Crippen molar-refractivity contribution in [3.05, 3.63) is 47.3 Å². The summed E-state index contributed by atoms with van der Waals surface area (Å²) in [4.78, 5) is 25.1. The number of hydrogen-bond donors (Lipinski definition) is 2. The van der Waals surface area contributed by atoms with Gasteiger partial charge in [0.25, 0.3) is 11.8 Å². The molecule has 0 radical (unpaired) electrons. The Kier molecular flexibility index (Phi) is 4.80. The Morgan fingerprint density at radius 3 is 2.64 bits per heavy atom. The molecular weight excluding hydrogens is 360 g/mol. The minimum atomic E-state index is -0.336. The quantitative estimate of drug-likeness (QED) is 0.781. The van der Waals surface area contributed by atoms with Crippen molar-refractivity contribution in [3.8, 4) is 5.75 Å². The van der Waals surface area contributed by atoms with E-state index in [0.717, 1.165) is 5.56 Å². The molecule has 2 aliphatic rings. The topological polar surface area (TPSA) is 94.5 Å². The van der Waals surface area contributed by atoms with Gasteiger partial charge in [-0.15, -0.1) is 0 Å². The molecule has 2 N–H and O–H groups in total. The Morgan fingerprint density at radius 2 is 1.96 bits per heavy atom. The molecule has 1 unspecified atom stereocenters. The van der Waals surface area contributed by atoms with Crippen molar-refractivity contribution >= 4 is 11.8 Å². The summed E-state index contributed by atoms with van der Waals surface area (Å²) in [5.74, 6) is 0.920. The van der Waals surface area contributed by atoms with Gasteiger partial charge in [0, 0.05) is 36.6 Å². The number of nitrogens with zero attached hydrogens (tertiary/aromatic N) is 2. The molecule has 28 heavy (non-hydrogen) atoms. The second kappa shape index (κ2) is 7.27. The van der Waals surface area contributed by atoms with E-state index in [9.17, 15) is 9.59 Å². The van der Waals surface area contributed by atoms with Crippen LogP contribution < -0.4 is 15.4 Å². The zero-order chi connectivity index (χ0) is 19.8. The Morgan fingerprint density at radius 1 is 1.25 bits per heavy atom. The number of hydrogen-bond acceptors (Lipinski definition) is 5. The van der Waals surface area contributed by atoms with Crippen LogP contribution in [-0.4, -0.2) is 55.0 Å². The first-order valence-electron chi connectivity index (χ1n) is 9.38. The van der Waals surface area contributed by atoms with E-state index in [1.54, 1.807) is 11.8 Å². The number of methoxy groups -OCH3 is 1. The summed E-state index contributed by atoms with van der Waals surface area (Å²) in [6, 6.07) is 8.95. The van der Waals surface area contributed by atoms with Crippen LogP contribution in [0.25, 0.3) is 0 Å². The fourth-order valence-corrected chi connectivity index (χ4v) is 3.92. The molecule has 1 saturated carbocycles. The molecule has 148 valence electrons. The molecule has 1 aliphatic heterocycles. The molecule has 8 heteroatoms. The zero-order valence-electron chi connectivity index (χ0n) is 16.1. The molecule has 1 aromatic carbocycles. The average molecular weight is 384 g/mol. The van der Waals surface area contributed by atoms with Crippen molar-refractivity contribution in [2.75, 3.05) is 27.4 Å². The fourth-order valence-electron chi connectivity index (χ4n) is 3.92. The van der Waals surface area contributed by atoms with Gasteiger partial charge in [-0.3, -0.25) is 14.3 Å². The highest BCUT2D eigenvalue weighted by Gasteiger charge is 2.55. The number of rotatable bonds is 6. The zero-order valence-corrected chi connectivity index (χ0v) is 16.1. The van der Waals surface area contributed by atoms with Crippen LogP contribution in [0.3, 0.4) is 0 Å². The summed E-state index contributed by atoms with van der Waals surface area (Å²) in [6.45, 7) is 3.31. The third-order valence-electron chi connectivity index (χ3n) is 5.63. The van der Waals surface area contributed by atoms with Gasteiger partial charge in [-0.1, -0.05) is 18.2 Å². The monoisotopic (exact) mass is 384 g/mol. The van der Waals surface area contributed by atoms with Crippen molar-refractivity contribution < 1.29 is 19.1 Å². The smallest absolute Gasteiger partial charge is 0.271 e. The Labute approximate surface area is 163 Å². The lowest BCUT2D eigenvalue weighted by Crippen LogP contribution is -2.32. The number of amides is 2. The van der Waals surface area contributed by atoms with E-state index in [2.05, 4.69) is 15.7 Å². The second-order valence-electron chi connectivity index (χ2n) is 7.22. The first-order valence-corrected chi connectivity index (χ1v) is 9.38. The van der Waals surface area contributed by atoms with Crippen molar-refractivity contribution in [1.82, 2.24) is 20.4 Å². The predicted octanol–water partition coefficient (Wildman–Crippen LogP) is 1.24. The standard InChI is InChI=1S/C20H24N4O4/c1-11(12-6-4-5-7-17(12)27-3)24-16(8-15(23-24)19(25)21-2)20(26)22-18-13-9-28-10-14(13)18/h4-8,11,13-14,18H,9-10H2,1-3H3,(H,21,25)(H,22,26)/t11-,13-,14+,18?/m0/s1. The maximum Gasteiger partial charge on any atom is 0.271 e. The molecular formula is C20H24N4O4. The lowest BCUT2D eigenvalue weighted by Gasteiger charge is -2.18. The molecule has 8 nitrogen and oxygen atoms in total. The Balaban J connectivity index is 1.66. The third kappa shape index (κ3) is 3.13. The minimum absolute atomic E-state index is 0.134. The molecule has 4 rings (SSSR count). The molecule has 4 atom stereocenters. The minimum Gasteiger partial charge on any atom is -0.496 e. The molecule has 2 aromatic rings. The van der Waals surface area contributed by atoms with Crippen LogP contribution >= 0.6 is 0 Å². The summed E-state index contributed by atoms with van der Waals surface area (Å²) in [5, 5.41) is 10.1. The normalized spacial score (nSPS) is 23.6. The number of ether oxygens (including phenoxy) is 2. The van der Waals surface area contributed by atoms with Crippen molar-refractivity contribution in [1.29, 1.82) is 0 Å². The van der Waals surface area contributed by atoms with Crippen LogP contribution in [-0.2, 0) is 4.74 Å². The summed E-state index contributed by atoms with van der Waals surface area (Å²) in [5.41, 5.74) is 1.43. The lowest BCUT2D eigenvalue weighted by atomic mass is 10.1. The number of nitrogens with one attached hydrogen (secondary N) is 2. The van der Waals surface area contributed by atoms with Gasteiger partial charge < -0.3 is 20.1 Å². The first-order chi connectivity index (χ1) is 13.5. The molecule has 0 spiro atoms. The highest BCUT2D eigenvalue weighted by Crippen LogP contribution is 2.44. The molecule has 2 amide bonds. The number of aromatic nitrogens is 2. The van der Waals surface area contributed by atoms with Crippen LogP contribution in [0.15, 0.2) is 30.3 Å².